The van der Waals surface area contributed by atoms with Crippen LogP contribution in [-0.2, 0) is 0 Å². The third-order valence-corrected chi connectivity index (χ3v) is 5.81. The van der Waals surface area contributed by atoms with E-state index in [4.69, 9.17) is 0 Å². The maximum absolute atomic E-state index is 16.1. The summed E-state index contributed by atoms with van der Waals surface area (Å²) in [6.07, 6.45) is 4.37. The Balaban J connectivity index is 1.89. The molecule has 152 valence electrons. The summed E-state index contributed by atoms with van der Waals surface area (Å²) in [5, 5.41) is 13.0. The third-order valence-electron chi connectivity index (χ3n) is 5.81. The number of pyridine rings is 1. The lowest BCUT2D eigenvalue weighted by Gasteiger charge is -2.38. The standard InChI is InChI=1S/C20H22FN5O3/c1-9-5-25(6-10(2)24-9)18-14(21)17-13(15-16(18)23-8-22-15)19(27)12(20(28)29)7-26(17)11-3-4-11/h7-11,24H,3-6H2,1-2H3,(H,22,23)(H,28,29)/t9-,10+. The van der Waals surface area contributed by atoms with Crippen molar-refractivity contribution in [1.82, 2.24) is 19.9 Å². The number of carbonyl (C=O) groups is 1. The molecule has 3 heterocycles. The van der Waals surface area contributed by atoms with Crippen molar-refractivity contribution in [3.8, 4) is 0 Å². The van der Waals surface area contributed by atoms with Crippen LogP contribution in [0.15, 0.2) is 17.3 Å². The minimum Gasteiger partial charge on any atom is -0.477 e. The average molecular weight is 399 g/mol. The van der Waals surface area contributed by atoms with Crippen molar-refractivity contribution in [2.75, 3.05) is 18.0 Å². The first-order valence-electron chi connectivity index (χ1n) is 9.84. The molecule has 0 radical (unpaired) electrons. The number of hydrogen-bond acceptors (Lipinski definition) is 5. The van der Waals surface area contributed by atoms with Crippen molar-refractivity contribution in [2.45, 2.75) is 44.8 Å². The lowest BCUT2D eigenvalue weighted by atomic mass is 10.0. The highest BCUT2D eigenvalue weighted by atomic mass is 19.1. The number of benzene rings is 1. The molecule has 0 amide bonds. The average Bonchev–Trinajstić information content (AvgIpc) is 3.38. The Morgan fingerprint density at radius 2 is 1.97 bits per heavy atom. The van der Waals surface area contributed by atoms with E-state index in [1.165, 1.54) is 12.5 Å². The van der Waals surface area contributed by atoms with E-state index in [0.29, 0.717) is 29.8 Å². The predicted molar refractivity (Wildman–Crippen MR) is 107 cm³/mol. The number of nitrogens with one attached hydrogen (secondary N) is 2. The largest absolute Gasteiger partial charge is 0.477 e. The molecule has 0 bridgehead atoms. The maximum Gasteiger partial charge on any atom is 0.341 e. The van der Waals surface area contributed by atoms with Gasteiger partial charge < -0.3 is 24.9 Å². The Kier molecular flexibility index (Phi) is 3.92. The minimum atomic E-state index is -1.32. The summed E-state index contributed by atoms with van der Waals surface area (Å²) >= 11 is 0. The first kappa shape index (κ1) is 18.1. The second kappa shape index (κ2) is 6.28. The third kappa shape index (κ3) is 2.71. The number of H-pyrrole nitrogens is 1. The number of hydrogen-bond donors (Lipinski definition) is 3. The number of fused-ring (bicyclic) bond motifs is 3. The number of imidazole rings is 1. The van der Waals surface area contributed by atoms with Gasteiger partial charge in [0.2, 0.25) is 5.43 Å². The summed E-state index contributed by atoms with van der Waals surface area (Å²) in [4.78, 5) is 33.9. The van der Waals surface area contributed by atoms with E-state index in [-0.39, 0.29) is 34.6 Å². The molecule has 2 aliphatic rings. The molecule has 3 N–H and O–H groups in total. The predicted octanol–water partition coefficient (Wildman–Crippen LogP) is 2.24. The van der Waals surface area contributed by atoms with Crippen LogP contribution in [0.3, 0.4) is 0 Å². The Hall–Kier alpha value is -2.94. The van der Waals surface area contributed by atoms with E-state index < -0.39 is 17.2 Å². The van der Waals surface area contributed by atoms with Gasteiger partial charge in [-0.15, -0.1) is 0 Å². The lowest BCUT2D eigenvalue weighted by Crippen LogP contribution is -2.54. The number of rotatable bonds is 3. The fourth-order valence-electron chi connectivity index (χ4n) is 4.56. The SMILES string of the molecule is C[C@@H]1CN(c2c(F)c3c(c(=O)c(C(=O)O)cn3C3CC3)c3nc[nH]c23)C[C@H](C)N1. The second-order valence-corrected chi connectivity index (χ2v) is 8.20. The molecular formula is C20H22FN5O3. The van der Waals surface area contributed by atoms with Crippen LogP contribution in [0.25, 0.3) is 21.9 Å². The quantitative estimate of drug-likeness (QED) is 0.624. The normalized spacial score (nSPS) is 22.5. The van der Waals surface area contributed by atoms with Crippen molar-refractivity contribution in [3.05, 3.63) is 34.1 Å². The Morgan fingerprint density at radius 1 is 1.28 bits per heavy atom. The number of aromatic nitrogens is 3. The van der Waals surface area contributed by atoms with E-state index in [0.717, 1.165) is 12.8 Å². The fraction of sp³-hybridized carbons (Fsp3) is 0.450. The Bertz CT molecular complexity index is 1200. The van der Waals surface area contributed by atoms with Crippen molar-refractivity contribution < 1.29 is 14.3 Å². The van der Waals surface area contributed by atoms with Crippen LogP contribution in [0, 0.1) is 5.82 Å². The number of aromatic carboxylic acids is 1. The molecule has 8 nitrogen and oxygen atoms in total. The van der Waals surface area contributed by atoms with Crippen LogP contribution < -0.4 is 15.6 Å². The molecule has 1 aliphatic carbocycles. The monoisotopic (exact) mass is 399 g/mol. The molecule has 2 atom stereocenters. The van der Waals surface area contributed by atoms with Crippen LogP contribution in [0.2, 0.25) is 0 Å². The van der Waals surface area contributed by atoms with Gasteiger partial charge in [-0.3, -0.25) is 4.79 Å². The first-order chi connectivity index (χ1) is 13.9. The van der Waals surface area contributed by atoms with Gasteiger partial charge in [-0.05, 0) is 26.7 Å². The molecule has 9 heteroatoms. The fourth-order valence-corrected chi connectivity index (χ4v) is 4.56. The molecule has 2 fully saturated rings. The van der Waals surface area contributed by atoms with Gasteiger partial charge in [0, 0.05) is 37.4 Å². The Labute approximate surface area is 165 Å². The highest BCUT2D eigenvalue weighted by Crippen LogP contribution is 2.41. The van der Waals surface area contributed by atoms with Crippen molar-refractivity contribution in [1.29, 1.82) is 0 Å². The molecule has 0 unspecified atom stereocenters. The summed E-state index contributed by atoms with van der Waals surface area (Å²) < 4.78 is 17.7. The summed E-state index contributed by atoms with van der Waals surface area (Å²) in [6, 6.07) is 0.342. The van der Waals surface area contributed by atoms with Crippen LogP contribution in [0.4, 0.5) is 10.1 Å². The van der Waals surface area contributed by atoms with Crippen molar-refractivity contribution >= 4 is 33.6 Å². The highest BCUT2D eigenvalue weighted by molar-refractivity contribution is 6.10. The molecule has 1 aliphatic heterocycles. The van der Waals surface area contributed by atoms with Crippen molar-refractivity contribution in [2.24, 2.45) is 0 Å². The van der Waals surface area contributed by atoms with Crippen LogP contribution in [0.5, 0.6) is 0 Å². The van der Waals surface area contributed by atoms with Gasteiger partial charge in [-0.1, -0.05) is 0 Å². The van der Waals surface area contributed by atoms with Crippen LogP contribution in [-0.4, -0.2) is 50.8 Å². The molecular weight excluding hydrogens is 377 g/mol. The van der Waals surface area contributed by atoms with Gasteiger partial charge in [0.1, 0.15) is 16.8 Å². The molecule has 3 aromatic rings. The van der Waals surface area contributed by atoms with Gasteiger partial charge in [-0.25, -0.2) is 14.2 Å². The zero-order valence-electron chi connectivity index (χ0n) is 16.2. The first-order valence-corrected chi connectivity index (χ1v) is 9.84. The zero-order chi connectivity index (χ0) is 20.4. The minimum absolute atomic E-state index is 0.00388. The second-order valence-electron chi connectivity index (χ2n) is 8.20. The number of aromatic amines is 1. The van der Waals surface area contributed by atoms with E-state index in [1.807, 2.05) is 18.7 Å². The number of carboxylic acid groups (broad SMARTS) is 1. The molecule has 29 heavy (non-hydrogen) atoms. The molecule has 5 rings (SSSR count). The number of piperazine rings is 1. The lowest BCUT2D eigenvalue weighted by molar-refractivity contribution is 0.0695. The number of nitrogens with zero attached hydrogens (tertiary/aromatic N) is 3. The zero-order valence-corrected chi connectivity index (χ0v) is 16.2. The molecule has 1 aromatic carbocycles. The molecule has 0 spiro atoms. The topological polar surface area (TPSA) is 103 Å². The van der Waals surface area contributed by atoms with Gasteiger partial charge in [0.15, 0.2) is 5.82 Å². The summed E-state index contributed by atoms with van der Waals surface area (Å²) in [6.45, 7) is 5.32. The van der Waals surface area contributed by atoms with E-state index in [9.17, 15) is 14.7 Å². The number of carboxylic acids is 1. The number of anilines is 1. The van der Waals surface area contributed by atoms with E-state index in [1.54, 1.807) is 4.57 Å². The van der Waals surface area contributed by atoms with Gasteiger partial charge in [0.25, 0.3) is 0 Å². The summed E-state index contributed by atoms with van der Waals surface area (Å²) in [5.41, 5.74) is 0.230. The van der Waals surface area contributed by atoms with Crippen molar-refractivity contribution in [3.63, 3.8) is 0 Å². The molecule has 1 saturated carbocycles. The van der Waals surface area contributed by atoms with Gasteiger partial charge >= 0.3 is 5.97 Å². The molecule has 2 aromatic heterocycles. The van der Waals surface area contributed by atoms with E-state index >= 15 is 4.39 Å². The molecule has 1 saturated heterocycles. The highest BCUT2D eigenvalue weighted by Gasteiger charge is 2.33. The van der Waals surface area contributed by atoms with Gasteiger partial charge in [0.05, 0.1) is 22.7 Å². The van der Waals surface area contributed by atoms with Crippen LogP contribution >= 0.6 is 0 Å². The van der Waals surface area contributed by atoms with Gasteiger partial charge in [-0.2, -0.15) is 0 Å². The Morgan fingerprint density at radius 3 is 2.59 bits per heavy atom. The summed E-state index contributed by atoms with van der Waals surface area (Å²) in [5.74, 6) is -1.82. The van der Waals surface area contributed by atoms with Crippen LogP contribution in [0.1, 0.15) is 43.1 Å². The number of halogens is 1. The maximum atomic E-state index is 16.1. The summed E-state index contributed by atoms with van der Waals surface area (Å²) in [7, 11) is 0. The van der Waals surface area contributed by atoms with E-state index in [2.05, 4.69) is 15.3 Å². The smallest absolute Gasteiger partial charge is 0.341 e.